The van der Waals surface area contributed by atoms with Crippen LogP contribution >= 0.6 is 0 Å². The molecule has 3 nitrogen and oxygen atoms in total. The third kappa shape index (κ3) is 5.90. The summed E-state index contributed by atoms with van der Waals surface area (Å²) >= 11 is 0. The highest BCUT2D eigenvalue weighted by Gasteiger charge is 2.39. The number of hydrogen-bond acceptors (Lipinski definition) is 3. The summed E-state index contributed by atoms with van der Waals surface area (Å²) in [5.41, 5.74) is -2.14. The summed E-state index contributed by atoms with van der Waals surface area (Å²) in [6.45, 7) is 6.17. The van der Waals surface area contributed by atoms with Gasteiger partial charge in [0.05, 0.1) is 29.9 Å². The summed E-state index contributed by atoms with van der Waals surface area (Å²) < 4.78 is 90.6. The van der Waals surface area contributed by atoms with Gasteiger partial charge in [-0.1, -0.05) is 36.4 Å². The Bertz CT molecular complexity index is 881. The van der Waals surface area contributed by atoms with E-state index >= 15 is 0 Å². The van der Waals surface area contributed by atoms with Crippen LogP contribution in [0.25, 0.3) is 0 Å². The van der Waals surface area contributed by atoms with Gasteiger partial charge in [-0.15, -0.1) is 6.58 Å². The van der Waals surface area contributed by atoms with Crippen molar-refractivity contribution in [3.63, 3.8) is 0 Å². The van der Waals surface area contributed by atoms with Crippen LogP contribution in [-0.4, -0.2) is 30.4 Å². The summed E-state index contributed by atoms with van der Waals surface area (Å²) in [7, 11) is 0. The van der Waals surface area contributed by atoms with Crippen molar-refractivity contribution >= 4 is 0 Å². The Balaban J connectivity index is 1.90. The fourth-order valence-electron chi connectivity index (χ4n) is 3.75. The Hall–Kier alpha value is -2.36. The molecule has 32 heavy (non-hydrogen) atoms. The minimum atomic E-state index is -4.92. The molecule has 0 aliphatic carbocycles. The predicted molar refractivity (Wildman–Crippen MR) is 107 cm³/mol. The first-order chi connectivity index (χ1) is 15.0. The number of benzene rings is 2. The van der Waals surface area contributed by atoms with Crippen LogP contribution in [0.15, 0.2) is 61.2 Å². The molecule has 9 heteroatoms. The summed E-state index contributed by atoms with van der Waals surface area (Å²) in [4.78, 5) is 2.05. The molecule has 1 aliphatic heterocycles. The van der Waals surface area contributed by atoms with E-state index in [0.29, 0.717) is 25.2 Å². The lowest BCUT2D eigenvalue weighted by Crippen LogP contribution is -2.49. The monoisotopic (exact) mass is 459 g/mol. The van der Waals surface area contributed by atoms with Crippen LogP contribution in [0.4, 0.5) is 26.3 Å². The van der Waals surface area contributed by atoms with Gasteiger partial charge in [0.1, 0.15) is 0 Å². The minimum absolute atomic E-state index is 0.0985. The number of nitrogens with zero attached hydrogens (tertiary/aromatic N) is 1. The predicted octanol–water partition coefficient (Wildman–Crippen LogP) is 6.21. The van der Waals surface area contributed by atoms with Gasteiger partial charge >= 0.3 is 12.4 Å². The molecule has 1 aliphatic rings. The minimum Gasteiger partial charge on any atom is -0.346 e. The van der Waals surface area contributed by atoms with Gasteiger partial charge in [0.25, 0.3) is 0 Å². The van der Waals surface area contributed by atoms with Gasteiger partial charge < -0.3 is 9.47 Å². The number of ether oxygens (including phenoxy) is 2. The van der Waals surface area contributed by atoms with Gasteiger partial charge in [-0.2, -0.15) is 26.3 Å². The van der Waals surface area contributed by atoms with E-state index in [2.05, 4.69) is 11.5 Å². The highest BCUT2D eigenvalue weighted by Crippen LogP contribution is 2.37. The topological polar surface area (TPSA) is 21.7 Å². The van der Waals surface area contributed by atoms with E-state index < -0.39 is 42.4 Å². The molecule has 2 aromatic carbocycles. The normalized spacial score (nSPS) is 22.7. The molecule has 1 fully saturated rings. The van der Waals surface area contributed by atoms with Crippen molar-refractivity contribution in [1.82, 2.24) is 4.90 Å². The van der Waals surface area contributed by atoms with Crippen molar-refractivity contribution in [2.45, 2.75) is 44.3 Å². The van der Waals surface area contributed by atoms with Crippen LogP contribution < -0.4 is 0 Å². The Kier molecular flexibility index (Phi) is 7.32. The number of morpholine rings is 1. The molecule has 0 saturated carbocycles. The van der Waals surface area contributed by atoms with E-state index in [9.17, 15) is 26.3 Å². The molecular formula is C23H23F6NO2. The van der Waals surface area contributed by atoms with Gasteiger partial charge in [-0.25, -0.2) is 0 Å². The molecule has 0 bridgehead atoms. The zero-order valence-electron chi connectivity index (χ0n) is 17.3. The average Bonchev–Trinajstić information content (AvgIpc) is 2.71. The second-order valence-electron chi connectivity index (χ2n) is 7.64. The van der Waals surface area contributed by atoms with E-state index in [4.69, 9.17) is 9.47 Å². The third-order valence-electron chi connectivity index (χ3n) is 5.08. The summed E-state index contributed by atoms with van der Waals surface area (Å²) in [5.74, 6) is 0. The first-order valence-corrected chi connectivity index (χ1v) is 9.94. The Morgan fingerprint density at radius 1 is 1.03 bits per heavy atom. The molecule has 0 radical (unpaired) electrons. The van der Waals surface area contributed by atoms with Gasteiger partial charge in [0.2, 0.25) is 0 Å². The Morgan fingerprint density at radius 3 is 2.16 bits per heavy atom. The van der Waals surface area contributed by atoms with Crippen molar-refractivity contribution in [3.05, 3.63) is 83.4 Å². The smallest absolute Gasteiger partial charge is 0.346 e. The van der Waals surface area contributed by atoms with Crippen molar-refractivity contribution < 1.29 is 35.8 Å². The lowest BCUT2D eigenvalue weighted by Gasteiger charge is -2.43. The van der Waals surface area contributed by atoms with Crippen LogP contribution in [0, 0.1) is 0 Å². The fourth-order valence-corrected chi connectivity index (χ4v) is 3.75. The first-order valence-electron chi connectivity index (χ1n) is 9.94. The maximum Gasteiger partial charge on any atom is 0.416 e. The van der Waals surface area contributed by atoms with Gasteiger partial charge in [0.15, 0.2) is 6.29 Å². The summed E-state index contributed by atoms with van der Waals surface area (Å²) in [5, 5.41) is 0. The van der Waals surface area contributed by atoms with Crippen LogP contribution in [0.2, 0.25) is 0 Å². The lowest BCUT2D eigenvalue weighted by molar-refractivity contribution is -0.239. The second-order valence-corrected chi connectivity index (χ2v) is 7.64. The number of halogens is 6. The van der Waals surface area contributed by atoms with E-state index in [0.717, 1.165) is 5.56 Å². The molecule has 2 aromatic rings. The van der Waals surface area contributed by atoms with Crippen LogP contribution in [0.5, 0.6) is 0 Å². The zero-order chi connectivity index (χ0) is 23.5. The molecule has 3 atom stereocenters. The fraction of sp³-hybridized carbons (Fsp3) is 0.391. The maximum atomic E-state index is 13.2. The molecule has 0 spiro atoms. The van der Waals surface area contributed by atoms with Crippen molar-refractivity contribution in [1.29, 1.82) is 0 Å². The SMILES string of the molecule is C=CCN1CC(C)OC(OCc2cc(C(F)(F)F)cc(C(F)(F)F)c2)C1c1ccccc1. The van der Waals surface area contributed by atoms with Crippen LogP contribution in [0.1, 0.15) is 35.2 Å². The zero-order valence-corrected chi connectivity index (χ0v) is 17.3. The summed E-state index contributed by atoms with van der Waals surface area (Å²) in [6.07, 6.45) is -9.27. The van der Waals surface area contributed by atoms with Crippen molar-refractivity contribution in [2.75, 3.05) is 13.1 Å². The molecule has 0 aromatic heterocycles. The van der Waals surface area contributed by atoms with Crippen LogP contribution in [0.3, 0.4) is 0 Å². The van der Waals surface area contributed by atoms with E-state index in [1.165, 1.54) is 0 Å². The highest BCUT2D eigenvalue weighted by molar-refractivity contribution is 5.33. The molecule has 3 unspecified atom stereocenters. The quantitative estimate of drug-likeness (QED) is 0.379. The highest BCUT2D eigenvalue weighted by atomic mass is 19.4. The van der Waals surface area contributed by atoms with E-state index in [1.54, 1.807) is 6.08 Å². The maximum absolute atomic E-state index is 13.2. The largest absolute Gasteiger partial charge is 0.416 e. The van der Waals surface area contributed by atoms with Gasteiger partial charge in [-0.3, -0.25) is 4.90 Å². The van der Waals surface area contributed by atoms with Crippen molar-refractivity contribution in [2.24, 2.45) is 0 Å². The lowest BCUT2D eigenvalue weighted by atomic mass is 10.0. The van der Waals surface area contributed by atoms with Gasteiger partial charge in [0, 0.05) is 13.1 Å². The molecule has 0 N–H and O–H groups in total. The van der Waals surface area contributed by atoms with Gasteiger partial charge in [-0.05, 0) is 36.2 Å². The average molecular weight is 459 g/mol. The molecule has 174 valence electrons. The van der Waals surface area contributed by atoms with Crippen LogP contribution in [-0.2, 0) is 28.4 Å². The second kappa shape index (κ2) is 9.64. The standard InChI is InChI=1S/C23H23F6NO2/c1-3-9-30-13-15(2)32-21(20(30)17-7-5-4-6-8-17)31-14-16-10-18(22(24,25)26)12-19(11-16)23(27,28)29/h3-8,10-12,15,20-21H,1,9,13-14H2,2H3. The molecule has 3 rings (SSSR count). The number of alkyl halides is 6. The molecule has 0 amide bonds. The molecule has 1 saturated heterocycles. The Labute approximate surface area is 182 Å². The Morgan fingerprint density at radius 2 is 1.62 bits per heavy atom. The first kappa shape index (κ1) is 24.3. The number of hydrogen-bond donors (Lipinski definition) is 0. The molecular weight excluding hydrogens is 436 g/mol. The van der Waals surface area contributed by atoms with E-state index in [-0.39, 0.29) is 17.7 Å². The molecule has 1 heterocycles. The van der Waals surface area contributed by atoms with E-state index in [1.807, 2.05) is 37.3 Å². The third-order valence-corrected chi connectivity index (χ3v) is 5.08. The number of rotatable bonds is 6. The summed E-state index contributed by atoms with van der Waals surface area (Å²) in [6, 6.07) is 10.3. The van der Waals surface area contributed by atoms with Crippen molar-refractivity contribution in [3.8, 4) is 0 Å².